The van der Waals surface area contributed by atoms with Crippen molar-refractivity contribution in [3.05, 3.63) is 23.8 Å². The lowest BCUT2D eigenvalue weighted by atomic mass is 10.2. The monoisotopic (exact) mass is 516 g/mol. The lowest BCUT2D eigenvalue weighted by Gasteiger charge is -2.30. The van der Waals surface area contributed by atoms with Crippen LogP contribution in [-0.2, 0) is 24.4 Å². The van der Waals surface area contributed by atoms with Crippen LogP contribution in [0.5, 0.6) is 0 Å². The molecule has 4 N–H and O–H groups in total. The number of sulfonamides is 1. The number of benzene rings is 1. The van der Waals surface area contributed by atoms with Crippen molar-refractivity contribution in [2.45, 2.75) is 65.4 Å². The Kier molecular flexibility index (Phi) is 14.3. The first-order chi connectivity index (χ1) is 16.2. The van der Waals surface area contributed by atoms with Crippen molar-refractivity contribution in [1.29, 1.82) is 0 Å². The highest BCUT2D eigenvalue weighted by Gasteiger charge is 2.22. The number of rotatable bonds is 12. The van der Waals surface area contributed by atoms with Crippen molar-refractivity contribution < 1.29 is 33.0 Å². The van der Waals surface area contributed by atoms with Crippen LogP contribution < -0.4 is 10.6 Å². The van der Waals surface area contributed by atoms with Gasteiger partial charge in [0, 0.05) is 44.0 Å². The van der Waals surface area contributed by atoms with E-state index in [1.54, 1.807) is 18.2 Å². The highest BCUT2D eigenvalue weighted by molar-refractivity contribution is 7.89. The summed E-state index contributed by atoms with van der Waals surface area (Å²) >= 11 is 0. The second-order valence-electron chi connectivity index (χ2n) is 8.33. The van der Waals surface area contributed by atoms with Crippen molar-refractivity contribution in [3.8, 4) is 0 Å². The Morgan fingerprint density at radius 1 is 0.971 bits per heavy atom. The molecule has 0 aliphatic rings. The lowest BCUT2D eigenvalue weighted by molar-refractivity contribution is -0.159. The van der Waals surface area contributed by atoms with E-state index in [0.717, 1.165) is 12.1 Å². The number of hydrogen-bond acceptors (Lipinski definition) is 7. The van der Waals surface area contributed by atoms with Gasteiger partial charge in [0.2, 0.25) is 15.9 Å². The van der Waals surface area contributed by atoms with E-state index in [1.807, 2.05) is 20.8 Å². The number of carboxylic acids is 2. The molecule has 1 amide bonds. The summed E-state index contributed by atoms with van der Waals surface area (Å²) in [6.45, 7) is 16.7. The Labute approximate surface area is 208 Å². The Balaban J connectivity index is 0.00000170. The van der Waals surface area contributed by atoms with Crippen LogP contribution in [0, 0.1) is 6.92 Å². The number of carbonyl (C=O) groups is 3. The predicted molar refractivity (Wildman–Crippen MR) is 135 cm³/mol. The van der Waals surface area contributed by atoms with Gasteiger partial charge in [-0.3, -0.25) is 9.69 Å². The maximum Gasteiger partial charge on any atom is 0.414 e. The molecule has 0 aromatic heterocycles. The zero-order chi connectivity index (χ0) is 27.3. The van der Waals surface area contributed by atoms with Crippen molar-refractivity contribution >= 4 is 33.6 Å². The average molecular weight is 517 g/mol. The molecule has 0 saturated carbocycles. The van der Waals surface area contributed by atoms with Crippen molar-refractivity contribution in [2.24, 2.45) is 0 Å². The minimum Gasteiger partial charge on any atom is -0.473 e. The summed E-state index contributed by atoms with van der Waals surface area (Å²) in [5.41, 5.74) is 1.35. The topological polar surface area (TPSA) is 156 Å². The van der Waals surface area contributed by atoms with Gasteiger partial charge in [0.05, 0.1) is 11.4 Å². The minimum absolute atomic E-state index is 0.177. The van der Waals surface area contributed by atoms with Gasteiger partial charge in [0.1, 0.15) is 0 Å². The van der Waals surface area contributed by atoms with Gasteiger partial charge in [-0.15, -0.1) is 0 Å². The number of nitrogens with one attached hydrogen (secondary N) is 2. The molecule has 0 heterocycles. The van der Waals surface area contributed by atoms with Crippen LogP contribution in [0.15, 0.2) is 23.1 Å². The molecular weight excluding hydrogens is 476 g/mol. The summed E-state index contributed by atoms with van der Waals surface area (Å²) in [6.07, 6.45) is 0. The summed E-state index contributed by atoms with van der Waals surface area (Å²) in [4.78, 5) is 33.1. The van der Waals surface area contributed by atoms with Crippen LogP contribution in [0.3, 0.4) is 0 Å². The van der Waals surface area contributed by atoms with Gasteiger partial charge in [-0.1, -0.05) is 19.9 Å². The van der Waals surface area contributed by atoms with Crippen molar-refractivity contribution in [3.63, 3.8) is 0 Å². The third-order valence-electron chi connectivity index (χ3n) is 5.17. The van der Waals surface area contributed by atoms with Gasteiger partial charge in [0.25, 0.3) is 0 Å². The molecule has 11 nitrogen and oxygen atoms in total. The molecule has 0 unspecified atom stereocenters. The van der Waals surface area contributed by atoms with Gasteiger partial charge in [-0.25, -0.2) is 18.0 Å². The molecule has 0 spiro atoms. The molecule has 0 bridgehead atoms. The summed E-state index contributed by atoms with van der Waals surface area (Å²) in [5.74, 6) is -3.84. The fourth-order valence-electron chi connectivity index (χ4n) is 3.33. The normalized spacial score (nSPS) is 11.5. The molecular formula is C23H40N4O7S. The molecule has 1 rings (SSSR count). The largest absolute Gasteiger partial charge is 0.473 e. The molecule has 0 aliphatic heterocycles. The zero-order valence-corrected chi connectivity index (χ0v) is 22.5. The predicted octanol–water partition coefficient (Wildman–Crippen LogP) is 1.83. The van der Waals surface area contributed by atoms with Crippen LogP contribution in [0.1, 0.15) is 47.1 Å². The van der Waals surface area contributed by atoms with Crippen LogP contribution in [0.4, 0.5) is 5.69 Å². The molecule has 1 aromatic carbocycles. The number of aryl methyl sites for hydroxylation is 1. The minimum atomic E-state index is -3.56. The van der Waals surface area contributed by atoms with E-state index in [2.05, 4.69) is 43.2 Å². The van der Waals surface area contributed by atoms with E-state index < -0.39 is 22.0 Å². The number of amides is 1. The van der Waals surface area contributed by atoms with E-state index in [4.69, 9.17) is 19.8 Å². The van der Waals surface area contributed by atoms with Crippen molar-refractivity contribution in [1.82, 2.24) is 14.5 Å². The highest BCUT2D eigenvalue weighted by Crippen LogP contribution is 2.23. The summed E-state index contributed by atoms with van der Waals surface area (Å²) in [7, 11) is -3.56. The molecule has 0 radical (unpaired) electrons. The van der Waals surface area contributed by atoms with E-state index in [-0.39, 0.29) is 17.3 Å². The first-order valence-corrected chi connectivity index (χ1v) is 13.0. The molecule has 0 saturated heterocycles. The smallest absolute Gasteiger partial charge is 0.414 e. The summed E-state index contributed by atoms with van der Waals surface area (Å²) < 4.78 is 26.9. The molecule has 1 aromatic rings. The molecule has 0 atom stereocenters. The van der Waals surface area contributed by atoms with E-state index in [9.17, 15) is 13.2 Å². The Morgan fingerprint density at radius 3 is 1.91 bits per heavy atom. The van der Waals surface area contributed by atoms with Crippen LogP contribution in [0.2, 0.25) is 0 Å². The number of nitrogens with zero attached hydrogens (tertiary/aromatic N) is 2. The van der Waals surface area contributed by atoms with Crippen LogP contribution >= 0.6 is 0 Å². The average Bonchev–Trinajstić information content (AvgIpc) is 2.75. The quantitative estimate of drug-likeness (QED) is 0.240. The van der Waals surface area contributed by atoms with E-state index >= 15 is 0 Å². The number of anilines is 1. The molecule has 0 aliphatic carbocycles. The number of carbonyl (C=O) groups excluding carboxylic acids is 1. The van der Waals surface area contributed by atoms with E-state index in [1.165, 1.54) is 4.31 Å². The van der Waals surface area contributed by atoms with E-state index in [0.29, 0.717) is 37.4 Å². The molecule has 0 fully saturated rings. The fraction of sp³-hybridized carbons (Fsp3) is 0.609. The summed E-state index contributed by atoms with van der Waals surface area (Å²) in [6, 6.07) is 5.75. The Bertz CT molecular complexity index is 925. The number of carboxylic acid groups (broad SMARTS) is 2. The maximum absolute atomic E-state index is 12.7. The maximum atomic E-state index is 12.7. The standard InChI is InChI=1S/C21H38N4O3S.C2H2O4/c1-8-24(9-2)29(27,28)19-11-10-18(7)20(14-19)23-21(26)15-22-12-13-25(16(3)4)17(5)6;3-1(4)2(5)6/h10-11,14,16-17,22H,8-9,12-13,15H2,1-7H3,(H,23,26);(H,3,4)(H,5,6). The highest BCUT2D eigenvalue weighted by atomic mass is 32.2. The summed E-state index contributed by atoms with van der Waals surface area (Å²) in [5, 5.41) is 20.8. The molecule has 200 valence electrons. The number of aliphatic carboxylic acids is 2. The Hall–Kier alpha value is -2.54. The third kappa shape index (κ3) is 11.2. The van der Waals surface area contributed by atoms with Gasteiger partial charge in [-0.05, 0) is 52.3 Å². The van der Waals surface area contributed by atoms with Gasteiger partial charge < -0.3 is 20.8 Å². The SMILES string of the molecule is CCN(CC)S(=O)(=O)c1ccc(C)c(NC(=O)CNCCN(C(C)C)C(C)C)c1.O=C(O)C(=O)O. The molecule has 12 heteroatoms. The van der Waals surface area contributed by atoms with Gasteiger partial charge in [-0.2, -0.15) is 4.31 Å². The second kappa shape index (κ2) is 15.5. The number of hydrogen-bond donors (Lipinski definition) is 4. The zero-order valence-electron chi connectivity index (χ0n) is 21.7. The lowest BCUT2D eigenvalue weighted by Crippen LogP contribution is -2.42. The van der Waals surface area contributed by atoms with Crippen LogP contribution in [-0.4, -0.2) is 90.5 Å². The third-order valence-corrected chi connectivity index (χ3v) is 7.21. The van der Waals surface area contributed by atoms with Crippen molar-refractivity contribution in [2.75, 3.05) is 38.0 Å². The fourth-order valence-corrected chi connectivity index (χ4v) is 4.81. The first-order valence-electron chi connectivity index (χ1n) is 11.5. The van der Waals surface area contributed by atoms with Crippen LogP contribution in [0.25, 0.3) is 0 Å². The van der Waals surface area contributed by atoms with Gasteiger partial charge >= 0.3 is 11.9 Å². The second-order valence-corrected chi connectivity index (χ2v) is 10.3. The molecule has 35 heavy (non-hydrogen) atoms. The van der Waals surface area contributed by atoms with Gasteiger partial charge in [0.15, 0.2) is 0 Å². The Morgan fingerprint density at radius 2 is 1.49 bits per heavy atom. The first kappa shape index (κ1) is 32.5.